The Morgan fingerprint density at radius 3 is 2.95 bits per heavy atom. The fraction of sp³-hybridized carbons (Fsp3) is 0.562. The second-order valence-electron chi connectivity index (χ2n) is 5.80. The molecule has 0 amide bonds. The van der Waals surface area contributed by atoms with E-state index in [0.717, 1.165) is 37.3 Å². The molecule has 5 nitrogen and oxygen atoms in total. The van der Waals surface area contributed by atoms with Crippen molar-refractivity contribution in [2.24, 2.45) is 0 Å². The molecule has 2 rings (SSSR count). The highest BCUT2D eigenvalue weighted by molar-refractivity contribution is 5.61. The van der Waals surface area contributed by atoms with E-state index in [1.54, 1.807) is 7.11 Å². The Bertz CT molecular complexity index is 523. The van der Waals surface area contributed by atoms with Crippen molar-refractivity contribution in [2.75, 3.05) is 38.3 Å². The Kier molecular flexibility index (Phi) is 5.18. The van der Waals surface area contributed by atoms with E-state index >= 15 is 0 Å². The summed E-state index contributed by atoms with van der Waals surface area (Å²) < 4.78 is 4.99. The van der Waals surface area contributed by atoms with Crippen LogP contribution in [0.4, 0.5) is 5.69 Å². The highest BCUT2D eigenvalue weighted by Crippen LogP contribution is 2.29. The molecule has 1 aliphatic rings. The van der Waals surface area contributed by atoms with Crippen molar-refractivity contribution < 1.29 is 9.84 Å². The maximum absolute atomic E-state index is 10.1. The fourth-order valence-corrected chi connectivity index (χ4v) is 2.62. The molecule has 1 atom stereocenters. The number of methoxy groups -OCH3 is 1. The number of nitrogens with zero attached hydrogens (tertiary/aromatic N) is 2. The van der Waals surface area contributed by atoms with E-state index in [1.165, 1.54) is 0 Å². The van der Waals surface area contributed by atoms with E-state index in [9.17, 15) is 10.4 Å². The first-order chi connectivity index (χ1) is 10.1. The Morgan fingerprint density at radius 2 is 2.33 bits per heavy atom. The number of ether oxygens (including phenoxy) is 1. The fourth-order valence-electron chi connectivity index (χ4n) is 2.62. The van der Waals surface area contributed by atoms with E-state index in [1.807, 2.05) is 25.1 Å². The van der Waals surface area contributed by atoms with Gasteiger partial charge in [-0.2, -0.15) is 5.26 Å². The predicted octanol–water partition coefficient (Wildman–Crippen LogP) is 1.26. The summed E-state index contributed by atoms with van der Waals surface area (Å²) in [7, 11) is 1.68. The Balaban J connectivity index is 2.05. The van der Waals surface area contributed by atoms with Crippen molar-refractivity contribution in [3.8, 4) is 6.07 Å². The van der Waals surface area contributed by atoms with Gasteiger partial charge in [0, 0.05) is 33.3 Å². The molecule has 2 N–H and O–H groups in total. The zero-order valence-electron chi connectivity index (χ0n) is 12.7. The number of benzene rings is 1. The molecule has 1 aromatic rings. The third-order valence-electron chi connectivity index (χ3n) is 3.79. The highest BCUT2D eigenvalue weighted by atomic mass is 16.5. The Labute approximate surface area is 126 Å². The number of nitrogens with one attached hydrogen (secondary N) is 1. The number of hydrogen-bond acceptors (Lipinski definition) is 5. The minimum atomic E-state index is -0.660. The number of nitriles is 1. The molecule has 1 aromatic carbocycles. The minimum Gasteiger partial charge on any atom is -0.388 e. The molecule has 0 radical (unpaired) electrons. The van der Waals surface area contributed by atoms with Crippen molar-refractivity contribution in [2.45, 2.75) is 25.5 Å². The lowest BCUT2D eigenvalue weighted by Gasteiger charge is -2.22. The van der Waals surface area contributed by atoms with Gasteiger partial charge >= 0.3 is 0 Å². The molecule has 1 heterocycles. The van der Waals surface area contributed by atoms with Gasteiger partial charge in [-0.3, -0.25) is 0 Å². The first-order valence-electron chi connectivity index (χ1n) is 7.26. The van der Waals surface area contributed by atoms with Crippen LogP contribution in [0.2, 0.25) is 0 Å². The summed E-state index contributed by atoms with van der Waals surface area (Å²) in [6, 6.07) is 8.20. The molecule has 0 aromatic heterocycles. The van der Waals surface area contributed by atoms with E-state index in [-0.39, 0.29) is 0 Å². The molecule has 21 heavy (non-hydrogen) atoms. The van der Waals surface area contributed by atoms with Crippen LogP contribution in [0.15, 0.2) is 18.2 Å². The molecule has 1 aliphatic heterocycles. The average molecular weight is 289 g/mol. The monoisotopic (exact) mass is 289 g/mol. The van der Waals surface area contributed by atoms with Crippen LogP contribution in [0.5, 0.6) is 0 Å². The van der Waals surface area contributed by atoms with E-state index in [2.05, 4.69) is 16.3 Å². The van der Waals surface area contributed by atoms with Crippen molar-refractivity contribution in [1.29, 1.82) is 5.26 Å². The molecule has 0 saturated carbocycles. The lowest BCUT2D eigenvalue weighted by Crippen LogP contribution is -2.30. The topological polar surface area (TPSA) is 68.5 Å². The first kappa shape index (κ1) is 15.8. The van der Waals surface area contributed by atoms with Crippen LogP contribution in [0.1, 0.15) is 24.5 Å². The number of anilines is 1. The first-order valence-corrected chi connectivity index (χ1v) is 7.26. The molecule has 0 aliphatic carbocycles. The second kappa shape index (κ2) is 6.90. The van der Waals surface area contributed by atoms with Crippen LogP contribution in [-0.4, -0.2) is 44.1 Å². The summed E-state index contributed by atoms with van der Waals surface area (Å²) in [4.78, 5) is 2.08. The zero-order valence-corrected chi connectivity index (χ0v) is 12.7. The van der Waals surface area contributed by atoms with Gasteiger partial charge in [0.2, 0.25) is 0 Å². The minimum absolute atomic E-state index is 0.577. The highest BCUT2D eigenvalue weighted by Gasteiger charge is 2.32. The van der Waals surface area contributed by atoms with Gasteiger partial charge in [-0.05, 0) is 31.0 Å². The standard InChI is InChI=1S/C16H23N3O2/c1-16(20)5-7-19(12-16)15-4-3-13(9-14(15)10-17)11-18-6-8-21-2/h3-4,9,18,20H,5-8,11-12H2,1-2H3. The number of rotatable bonds is 6. The van der Waals surface area contributed by atoms with Crippen molar-refractivity contribution in [3.63, 3.8) is 0 Å². The average Bonchev–Trinajstić information content (AvgIpc) is 2.83. The van der Waals surface area contributed by atoms with Gasteiger partial charge in [0.25, 0.3) is 0 Å². The third-order valence-corrected chi connectivity index (χ3v) is 3.79. The van der Waals surface area contributed by atoms with Gasteiger partial charge in [0.05, 0.1) is 23.5 Å². The van der Waals surface area contributed by atoms with Crippen molar-refractivity contribution in [3.05, 3.63) is 29.3 Å². The quantitative estimate of drug-likeness (QED) is 0.772. The molecule has 1 fully saturated rings. The molecule has 0 bridgehead atoms. The summed E-state index contributed by atoms with van der Waals surface area (Å²) in [5.74, 6) is 0. The Hall–Kier alpha value is -1.61. The lowest BCUT2D eigenvalue weighted by molar-refractivity contribution is 0.0839. The summed E-state index contributed by atoms with van der Waals surface area (Å²) >= 11 is 0. The normalized spacial score (nSPS) is 21.5. The van der Waals surface area contributed by atoms with Crippen LogP contribution in [-0.2, 0) is 11.3 Å². The third kappa shape index (κ3) is 4.18. The van der Waals surface area contributed by atoms with Gasteiger partial charge < -0.3 is 20.1 Å². The van der Waals surface area contributed by atoms with E-state index in [4.69, 9.17) is 4.74 Å². The lowest BCUT2D eigenvalue weighted by atomic mass is 10.1. The van der Waals surface area contributed by atoms with E-state index < -0.39 is 5.60 Å². The Morgan fingerprint density at radius 1 is 1.52 bits per heavy atom. The zero-order chi connectivity index (χ0) is 15.3. The smallest absolute Gasteiger partial charge is 0.101 e. The largest absolute Gasteiger partial charge is 0.388 e. The van der Waals surface area contributed by atoms with Gasteiger partial charge in [0.1, 0.15) is 6.07 Å². The number of β-amino-alcohol motifs (C(OH)–C–C–N with tert-alkyl or cyclic N) is 1. The molecular weight excluding hydrogens is 266 g/mol. The predicted molar refractivity (Wildman–Crippen MR) is 82.2 cm³/mol. The SMILES string of the molecule is COCCNCc1ccc(N2CCC(C)(O)C2)c(C#N)c1. The summed E-state index contributed by atoms with van der Waals surface area (Å²) in [6.45, 7) is 5.38. The van der Waals surface area contributed by atoms with Crippen LogP contribution in [0.3, 0.4) is 0 Å². The van der Waals surface area contributed by atoms with Gasteiger partial charge in [-0.1, -0.05) is 6.07 Å². The molecule has 0 spiro atoms. The molecule has 114 valence electrons. The molecule has 1 unspecified atom stereocenters. The maximum Gasteiger partial charge on any atom is 0.101 e. The maximum atomic E-state index is 10.1. The second-order valence-corrected chi connectivity index (χ2v) is 5.80. The number of hydrogen-bond donors (Lipinski definition) is 2. The van der Waals surface area contributed by atoms with Gasteiger partial charge in [-0.15, -0.1) is 0 Å². The van der Waals surface area contributed by atoms with E-state index in [0.29, 0.717) is 18.7 Å². The van der Waals surface area contributed by atoms with Crippen molar-refractivity contribution >= 4 is 5.69 Å². The van der Waals surface area contributed by atoms with Gasteiger partial charge in [-0.25, -0.2) is 0 Å². The van der Waals surface area contributed by atoms with Crippen LogP contribution >= 0.6 is 0 Å². The summed E-state index contributed by atoms with van der Waals surface area (Å²) in [5, 5.41) is 22.7. The van der Waals surface area contributed by atoms with Crippen molar-refractivity contribution in [1.82, 2.24) is 5.32 Å². The molecule has 1 saturated heterocycles. The molecule has 5 heteroatoms. The van der Waals surface area contributed by atoms with Gasteiger partial charge in [0.15, 0.2) is 0 Å². The van der Waals surface area contributed by atoms with Crippen LogP contribution in [0.25, 0.3) is 0 Å². The molecular formula is C16H23N3O2. The summed E-state index contributed by atoms with van der Waals surface area (Å²) in [5.41, 5.74) is 2.00. The summed E-state index contributed by atoms with van der Waals surface area (Å²) in [6.07, 6.45) is 0.734. The van der Waals surface area contributed by atoms with Crippen LogP contribution < -0.4 is 10.2 Å². The number of aliphatic hydroxyl groups is 1. The van der Waals surface area contributed by atoms with Crippen LogP contribution in [0, 0.1) is 11.3 Å².